The molecule has 1 aliphatic heterocycles. The zero-order valence-corrected chi connectivity index (χ0v) is 15.5. The normalized spacial score (nSPS) is 15.0. The highest BCUT2D eigenvalue weighted by Crippen LogP contribution is 2.28. The van der Waals surface area contributed by atoms with E-state index in [1.807, 2.05) is 11.5 Å². The lowest BCUT2D eigenvalue weighted by Crippen LogP contribution is -2.07. The molecule has 10 heteroatoms. The predicted molar refractivity (Wildman–Crippen MR) is 97.5 cm³/mol. The molecule has 2 N–H and O–H groups in total. The molecule has 25 heavy (non-hydrogen) atoms. The van der Waals surface area contributed by atoms with Gasteiger partial charge in [-0.15, -0.1) is 20.4 Å². The molecule has 2 aromatic rings. The van der Waals surface area contributed by atoms with Crippen LogP contribution in [-0.4, -0.2) is 42.4 Å². The summed E-state index contributed by atoms with van der Waals surface area (Å²) in [5.41, 5.74) is 0.185. The Morgan fingerprint density at radius 1 is 1.32 bits per heavy atom. The fourth-order valence-electron chi connectivity index (χ4n) is 2.61. The molecule has 3 heterocycles. The monoisotopic (exact) mass is 377 g/mol. The van der Waals surface area contributed by atoms with Crippen LogP contribution in [0.4, 0.5) is 5.13 Å². The summed E-state index contributed by atoms with van der Waals surface area (Å²) in [7, 11) is 0. The molecule has 0 atom stereocenters. The van der Waals surface area contributed by atoms with Crippen molar-refractivity contribution in [3.8, 4) is 6.07 Å². The fourth-order valence-corrected chi connectivity index (χ4v) is 4.30. The Balaban J connectivity index is 1.76. The Kier molecular flexibility index (Phi) is 5.88. The van der Waals surface area contributed by atoms with E-state index in [0.717, 1.165) is 54.1 Å². The van der Waals surface area contributed by atoms with Crippen LogP contribution in [0.5, 0.6) is 0 Å². The van der Waals surface area contributed by atoms with Crippen LogP contribution < -0.4 is 5.32 Å². The summed E-state index contributed by atoms with van der Waals surface area (Å²) in [6.45, 7) is 3.55. The number of nitrogens with zero attached hydrogens (tertiary/aromatic N) is 6. The van der Waals surface area contributed by atoms with Crippen LogP contribution >= 0.6 is 23.1 Å². The Hall–Kier alpha value is -2.12. The summed E-state index contributed by atoms with van der Waals surface area (Å²) in [5.74, 6) is 1.58. The maximum absolute atomic E-state index is 10.4. The largest absolute Gasteiger partial charge is 0.510 e. The van der Waals surface area contributed by atoms with Gasteiger partial charge in [-0.1, -0.05) is 29.5 Å². The average molecular weight is 377 g/mol. The molecule has 0 bridgehead atoms. The van der Waals surface area contributed by atoms with Crippen LogP contribution in [0, 0.1) is 11.3 Å². The zero-order valence-electron chi connectivity index (χ0n) is 13.9. The highest BCUT2D eigenvalue weighted by atomic mass is 32.2. The number of aliphatic hydroxyl groups excluding tert-OH is 1. The number of aliphatic hydroxyl groups is 1. The number of hydrogen-bond donors (Lipinski definition) is 2. The number of anilines is 1. The van der Waals surface area contributed by atoms with Crippen molar-refractivity contribution in [1.29, 1.82) is 5.26 Å². The van der Waals surface area contributed by atoms with Gasteiger partial charge in [0.15, 0.2) is 10.2 Å². The van der Waals surface area contributed by atoms with Gasteiger partial charge in [-0.3, -0.25) is 0 Å². The van der Waals surface area contributed by atoms with Crippen molar-refractivity contribution in [1.82, 2.24) is 25.0 Å². The second kappa shape index (κ2) is 8.31. The van der Waals surface area contributed by atoms with Crippen molar-refractivity contribution in [3.63, 3.8) is 0 Å². The number of allylic oxidation sites excluding steroid dienone is 1. The highest BCUT2D eigenvalue weighted by molar-refractivity contribution is 8.01. The second-order valence-electron chi connectivity index (χ2n) is 5.53. The number of thioether (sulfide) groups is 1. The Bertz CT molecular complexity index is 805. The van der Waals surface area contributed by atoms with E-state index in [1.54, 1.807) is 0 Å². The van der Waals surface area contributed by atoms with E-state index < -0.39 is 0 Å². The summed E-state index contributed by atoms with van der Waals surface area (Å²) in [6.07, 6.45) is 4.11. The summed E-state index contributed by atoms with van der Waals surface area (Å²) < 4.78 is 2.69. The SMILES string of the molecule is CCNc1nnc(SC/C(O)=C(\C#N)c2nnc3n2CCCCC3)s1. The Morgan fingerprint density at radius 2 is 2.20 bits per heavy atom. The predicted octanol–water partition coefficient (Wildman–Crippen LogP) is 2.87. The Labute approximate surface area is 154 Å². The molecule has 0 aliphatic carbocycles. The second-order valence-corrected chi connectivity index (χ2v) is 7.73. The molecular formula is C15H19N7OS2. The molecule has 0 saturated carbocycles. The summed E-state index contributed by atoms with van der Waals surface area (Å²) in [5, 5.41) is 40.2. The quantitative estimate of drug-likeness (QED) is 0.449. The zero-order chi connectivity index (χ0) is 17.6. The third-order valence-corrected chi connectivity index (χ3v) is 5.83. The van der Waals surface area contributed by atoms with Gasteiger partial charge in [-0.25, -0.2) is 0 Å². The minimum absolute atomic E-state index is 0.00727. The van der Waals surface area contributed by atoms with Crippen LogP contribution in [0.25, 0.3) is 5.57 Å². The van der Waals surface area contributed by atoms with Crippen molar-refractivity contribution in [2.75, 3.05) is 17.6 Å². The van der Waals surface area contributed by atoms with Gasteiger partial charge in [0.1, 0.15) is 23.2 Å². The third-order valence-electron chi connectivity index (χ3n) is 3.80. The van der Waals surface area contributed by atoms with Crippen LogP contribution in [0.1, 0.15) is 37.8 Å². The van der Waals surface area contributed by atoms with Crippen molar-refractivity contribution >= 4 is 33.8 Å². The number of hydrogen-bond acceptors (Lipinski definition) is 9. The Morgan fingerprint density at radius 3 is 3.00 bits per heavy atom. The van der Waals surface area contributed by atoms with Gasteiger partial charge in [0.25, 0.3) is 0 Å². The number of aromatic nitrogens is 5. The van der Waals surface area contributed by atoms with E-state index in [2.05, 4.69) is 31.8 Å². The lowest BCUT2D eigenvalue weighted by atomic mass is 10.2. The first-order valence-electron chi connectivity index (χ1n) is 8.17. The number of aryl methyl sites for hydroxylation is 1. The number of nitrogens with one attached hydrogen (secondary N) is 1. The standard InChI is InChI=1S/C15H19N7OS2/c1-2-17-14-20-21-15(25-14)24-9-11(23)10(8-16)13-19-18-12-6-4-3-5-7-22(12)13/h23H,2-7,9H2,1H3,(H,17,20)/b11-10-. The molecule has 3 rings (SSSR count). The molecule has 0 unspecified atom stereocenters. The highest BCUT2D eigenvalue weighted by Gasteiger charge is 2.21. The van der Waals surface area contributed by atoms with Gasteiger partial charge in [0.2, 0.25) is 5.13 Å². The van der Waals surface area contributed by atoms with E-state index in [0.29, 0.717) is 5.82 Å². The van der Waals surface area contributed by atoms with Gasteiger partial charge in [-0.05, 0) is 19.8 Å². The number of nitriles is 1. The van der Waals surface area contributed by atoms with Crippen LogP contribution in [0.15, 0.2) is 10.1 Å². The van der Waals surface area contributed by atoms with Crippen LogP contribution in [0.2, 0.25) is 0 Å². The number of fused-ring (bicyclic) bond motifs is 1. The van der Waals surface area contributed by atoms with Crippen molar-refractivity contribution in [2.24, 2.45) is 0 Å². The minimum atomic E-state index is -0.00727. The van der Waals surface area contributed by atoms with Crippen molar-refractivity contribution in [3.05, 3.63) is 17.4 Å². The molecule has 0 amide bonds. The minimum Gasteiger partial charge on any atom is -0.510 e. The molecular weight excluding hydrogens is 358 g/mol. The van der Waals surface area contributed by atoms with Gasteiger partial charge in [-0.2, -0.15) is 5.26 Å². The van der Waals surface area contributed by atoms with Gasteiger partial charge < -0.3 is 15.0 Å². The maximum atomic E-state index is 10.4. The lowest BCUT2D eigenvalue weighted by Gasteiger charge is -2.07. The number of rotatable bonds is 6. The molecule has 0 saturated heterocycles. The average Bonchev–Trinajstić information content (AvgIpc) is 3.15. The maximum Gasteiger partial charge on any atom is 0.206 e. The van der Waals surface area contributed by atoms with Gasteiger partial charge >= 0.3 is 0 Å². The fraction of sp³-hybridized carbons (Fsp3) is 0.533. The van der Waals surface area contributed by atoms with Crippen LogP contribution in [-0.2, 0) is 13.0 Å². The van der Waals surface area contributed by atoms with E-state index in [9.17, 15) is 10.4 Å². The van der Waals surface area contributed by atoms with E-state index in [1.165, 1.54) is 23.1 Å². The first kappa shape index (κ1) is 17.7. The van der Waals surface area contributed by atoms with Crippen LogP contribution in [0.3, 0.4) is 0 Å². The molecule has 1 aliphatic rings. The molecule has 0 spiro atoms. The summed E-state index contributed by atoms with van der Waals surface area (Å²) >= 11 is 2.77. The molecule has 0 radical (unpaired) electrons. The van der Waals surface area contributed by atoms with E-state index in [4.69, 9.17) is 0 Å². The molecule has 2 aromatic heterocycles. The molecule has 132 valence electrons. The smallest absolute Gasteiger partial charge is 0.206 e. The van der Waals surface area contributed by atoms with Crippen molar-refractivity contribution < 1.29 is 5.11 Å². The summed E-state index contributed by atoms with van der Waals surface area (Å²) in [6, 6.07) is 2.08. The van der Waals surface area contributed by atoms with Gasteiger partial charge in [0.05, 0.1) is 5.75 Å². The van der Waals surface area contributed by atoms with Gasteiger partial charge in [0, 0.05) is 19.5 Å². The first-order valence-corrected chi connectivity index (χ1v) is 9.98. The topological polar surface area (TPSA) is 113 Å². The lowest BCUT2D eigenvalue weighted by molar-refractivity contribution is 0.420. The molecule has 0 aromatic carbocycles. The third kappa shape index (κ3) is 4.11. The molecule has 0 fully saturated rings. The van der Waals surface area contributed by atoms with Crippen molar-refractivity contribution in [2.45, 2.75) is 43.5 Å². The first-order chi connectivity index (χ1) is 12.2. The molecule has 8 nitrogen and oxygen atoms in total. The summed E-state index contributed by atoms with van der Waals surface area (Å²) in [4.78, 5) is 0. The van der Waals surface area contributed by atoms with E-state index >= 15 is 0 Å². The van der Waals surface area contributed by atoms with E-state index in [-0.39, 0.29) is 17.1 Å².